The molecule has 36 heavy (non-hydrogen) atoms. The fraction of sp³-hybridized carbons (Fsp3) is 0.727. The highest BCUT2D eigenvalue weighted by molar-refractivity contribution is 8.03. The van der Waals surface area contributed by atoms with E-state index in [1.807, 2.05) is 0 Å². The molecule has 0 radical (unpaired) electrons. The zero-order chi connectivity index (χ0) is 26.6. The van der Waals surface area contributed by atoms with E-state index in [1.54, 1.807) is 0 Å². The number of carbonyl (C=O) groups excluding carboxylic acids is 4. The van der Waals surface area contributed by atoms with E-state index in [1.165, 1.54) is 32.5 Å². The SMILES string of the molecule is CC(=O)OCC1OCC2=C(O[C@]3(CS2)CC(OC(C)=O)C(OC(C)=O)[C@@H]([C@H](O)CO)O3)C1OC(C)=O. The number of aliphatic hydroxyl groups is 2. The predicted octanol–water partition coefficient (Wildman–Crippen LogP) is -0.443. The second kappa shape index (κ2) is 11.8. The number of esters is 4. The second-order valence-electron chi connectivity index (χ2n) is 8.53. The minimum absolute atomic E-state index is 0.0892. The van der Waals surface area contributed by atoms with Gasteiger partial charge in [-0.05, 0) is 0 Å². The van der Waals surface area contributed by atoms with Crippen LogP contribution in [0.1, 0.15) is 34.1 Å². The van der Waals surface area contributed by atoms with E-state index < -0.39 is 72.9 Å². The normalized spacial score (nSPS) is 32.6. The number of thioether (sulfide) groups is 1. The van der Waals surface area contributed by atoms with Gasteiger partial charge in [-0.2, -0.15) is 0 Å². The number of ether oxygens (including phenoxy) is 7. The van der Waals surface area contributed by atoms with Crippen LogP contribution in [0.2, 0.25) is 0 Å². The van der Waals surface area contributed by atoms with Crippen LogP contribution in [-0.2, 0) is 52.3 Å². The van der Waals surface area contributed by atoms with Crippen LogP contribution in [0, 0.1) is 0 Å². The molecule has 2 N–H and O–H groups in total. The molecule has 13 nitrogen and oxygen atoms in total. The molecule has 3 aliphatic rings. The average Bonchev–Trinajstić information content (AvgIpc) is 2.78. The number of hydrogen-bond acceptors (Lipinski definition) is 14. The Labute approximate surface area is 211 Å². The number of aliphatic hydroxyl groups excluding tert-OH is 2. The molecular formula is C22H30O13S. The largest absolute Gasteiger partial charge is 0.463 e. The van der Waals surface area contributed by atoms with Crippen LogP contribution in [0.4, 0.5) is 0 Å². The first-order chi connectivity index (χ1) is 16.9. The van der Waals surface area contributed by atoms with E-state index in [-0.39, 0.29) is 31.1 Å². The summed E-state index contributed by atoms with van der Waals surface area (Å²) in [4.78, 5) is 47.4. The van der Waals surface area contributed by atoms with Gasteiger partial charge in [-0.1, -0.05) is 0 Å². The maximum Gasteiger partial charge on any atom is 0.303 e. The van der Waals surface area contributed by atoms with Gasteiger partial charge in [0.25, 0.3) is 0 Å². The van der Waals surface area contributed by atoms with Crippen molar-refractivity contribution in [3.8, 4) is 0 Å². The maximum absolute atomic E-state index is 11.9. The molecule has 7 atom stereocenters. The van der Waals surface area contributed by atoms with Gasteiger partial charge in [-0.3, -0.25) is 19.2 Å². The minimum atomic E-state index is -1.52. The topological polar surface area (TPSA) is 173 Å². The van der Waals surface area contributed by atoms with E-state index in [4.69, 9.17) is 33.2 Å². The number of rotatable bonds is 7. The van der Waals surface area contributed by atoms with Crippen LogP contribution < -0.4 is 0 Å². The number of hydrogen-bond donors (Lipinski definition) is 2. The highest BCUT2D eigenvalue weighted by atomic mass is 32.2. The summed E-state index contributed by atoms with van der Waals surface area (Å²) in [6.07, 6.45) is -7.19. The highest BCUT2D eigenvalue weighted by Crippen LogP contribution is 2.47. The number of carbonyl (C=O) groups is 4. The summed E-state index contributed by atoms with van der Waals surface area (Å²) in [7, 11) is 0. The molecule has 0 aromatic carbocycles. The van der Waals surface area contributed by atoms with Crippen LogP contribution >= 0.6 is 11.8 Å². The van der Waals surface area contributed by atoms with E-state index in [9.17, 15) is 29.4 Å². The van der Waals surface area contributed by atoms with E-state index >= 15 is 0 Å². The summed E-state index contributed by atoms with van der Waals surface area (Å²) >= 11 is 1.28. The molecule has 0 aliphatic carbocycles. The summed E-state index contributed by atoms with van der Waals surface area (Å²) < 4.78 is 39.3. The molecule has 0 bridgehead atoms. The summed E-state index contributed by atoms with van der Waals surface area (Å²) in [6.45, 7) is 3.91. The Morgan fingerprint density at radius 1 is 1.06 bits per heavy atom. The molecular weight excluding hydrogens is 504 g/mol. The Hall–Kier alpha value is -2.39. The summed E-state index contributed by atoms with van der Waals surface area (Å²) in [5, 5.41) is 20.1. The maximum atomic E-state index is 11.9. The summed E-state index contributed by atoms with van der Waals surface area (Å²) in [5.41, 5.74) is 0. The molecule has 1 spiro atoms. The first-order valence-corrected chi connectivity index (χ1v) is 12.2. The van der Waals surface area contributed by atoms with Gasteiger partial charge in [0.1, 0.15) is 31.0 Å². The lowest BCUT2D eigenvalue weighted by atomic mass is 9.92. The standard InChI is InChI=1S/C22H30O13S/c1-10(24)29-7-16-20(33-13(4)27)21-17(8-30-16)36-9-22(35-21)5-15(31-11(2)25)19(32-12(3)26)18(34-22)14(28)6-23/h14-16,18-20,23,28H,5-9H2,1-4H3/t14-,15?,16?,18-,19?,20?,22+/m1/s1. The van der Waals surface area contributed by atoms with Gasteiger partial charge in [0.15, 0.2) is 18.0 Å². The lowest BCUT2D eigenvalue weighted by Gasteiger charge is -2.51. The van der Waals surface area contributed by atoms with Crippen molar-refractivity contribution in [3.05, 3.63) is 10.7 Å². The van der Waals surface area contributed by atoms with E-state index in [0.29, 0.717) is 4.91 Å². The molecule has 3 aliphatic heterocycles. The first-order valence-electron chi connectivity index (χ1n) is 11.2. The van der Waals surface area contributed by atoms with E-state index in [2.05, 4.69) is 0 Å². The molecule has 1 fully saturated rings. The third-order valence-electron chi connectivity index (χ3n) is 5.54. The molecule has 3 rings (SSSR count). The molecule has 3 heterocycles. The minimum Gasteiger partial charge on any atom is -0.463 e. The van der Waals surface area contributed by atoms with Crippen molar-refractivity contribution < 1.29 is 62.5 Å². The smallest absolute Gasteiger partial charge is 0.303 e. The van der Waals surface area contributed by atoms with Gasteiger partial charge in [0.2, 0.25) is 5.79 Å². The Bertz CT molecular complexity index is 904. The van der Waals surface area contributed by atoms with Gasteiger partial charge in [0, 0.05) is 27.7 Å². The molecule has 0 amide bonds. The van der Waals surface area contributed by atoms with Crippen molar-refractivity contribution in [2.75, 3.05) is 25.6 Å². The Balaban J connectivity index is 1.95. The summed E-state index contributed by atoms with van der Waals surface area (Å²) in [6, 6.07) is 0. The van der Waals surface area contributed by atoms with Gasteiger partial charge in [-0.25, -0.2) is 0 Å². The Kier molecular flexibility index (Phi) is 9.22. The van der Waals surface area contributed by atoms with Crippen LogP contribution in [0.3, 0.4) is 0 Å². The van der Waals surface area contributed by atoms with Crippen molar-refractivity contribution in [2.24, 2.45) is 0 Å². The van der Waals surface area contributed by atoms with Crippen molar-refractivity contribution in [2.45, 2.75) is 76.5 Å². The van der Waals surface area contributed by atoms with Crippen molar-refractivity contribution >= 4 is 35.6 Å². The van der Waals surface area contributed by atoms with Crippen molar-refractivity contribution in [3.63, 3.8) is 0 Å². The molecule has 14 heteroatoms. The molecule has 0 aromatic heterocycles. The molecule has 1 saturated heterocycles. The van der Waals surface area contributed by atoms with Crippen molar-refractivity contribution in [1.29, 1.82) is 0 Å². The van der Waals surface area contributed by atoms with Crippen LogP contribution in [0.25, 0.3) is 0 Å². The van der Waals surface area contributed by atoms with Gasteiger partial charge >= 0.3 is 23.9 Å². The monoisotopic (exact) mass is 534 g/mol. The summed E-state index contributed by atoms with van der Waals surface area (Å²) in [5.74, 6) is -3.73. The highest BCUT2D eigenvalue weighted by Gasteiger charge is 2.57. The average molecular weight is 535 g/mol. The fourth-order valence-electron chi connectivity index (χ4n) is 4.18. The molecule has 0 aromatic rings. The van der Waals surface area contributed by atoms with Crippen LogP contribution in [-0.4, -0.2) is 102 Å². The lowest BCUT2D eigenvalue weighted by Crippen LogP contribution is -2.63. The predicted molar refractivity (Wildman–Crippen MR) is 119 cm³/mol. The quantitative estimate of drug-likeness (QED) is 0.318. The molecule has 202 valence electrons. The molecule has 0 saturated carbocycles. The van der Waals surface area contributed by atoms with Gasteiger partial charge < -0.3 is 43.4 Å². The van der Waals surface area contributed by atoms with Crippen LogP contribution in [0.15, 0.2) is 10.7 Å². The fourth-order valence-corrected chi connectivity index (χ4v) is 5.27. The zero-order valence-corrected chi connectivity index (χ0v) is 21.1. The Morgan fingerprint density at radius 2 is 1.72 bits per heavy atom. The van der Waals surface area contributed by atoms with E-state index in [0.717, 1.165) is 6.92 Å². The van der Waals surface area contributed by atoms with Gasteiger partial charge in [-0.15, -0.1) is 11.8 Å². The zero-order valence-electron chi connectivity index (χ0n) is 20.3. The third-order valence-corrected chi connectivity index (χ3v) is 6.80. The first kappa shape index (κ1) is 28.2. The van der Waals surface area contributed by atoms with Crippen LogP contribution in [0.5, 0.6) is 0 Å². The third kappa shape index (κ3) is 6.68. The lowest BCUT2D eigenvalue weighted by molar-refractivity contribution is -0.320. The Morgan fingerprint density at radius 3 is 2.31 bits per heavy atom. The van der Waals surface area contributed by atoms with Crippen molar-refractivity contribution in [1.82, 2.24) is 0 Å². The second-order valence-corrected chi connectivity index (χ2v) is 9.60. The molecule has 4 unspecified atom stereocenters. The van der Waals surface area contributed by atoms with Gasteiger partial charge in [0.05, 0.1) is 30.3 Å².